The molecule has 0 bridgehead atoms. The molecule has 0 radical (unpaired) electrons. The Morgan fingerprint density at radius 1 is 1.23 bits per heavy atom. The van der Waals surface area contributed by atoms with Crippen LogP contribution in [0, 0.1) is 0 Å². The van der Waals surface area contributed by atoms with Crippen molar-refractivity contribution in [2.75, 3.05) is 20.1 Å². The van der Waals surface area contributed by atoms with E-state index in [1.807, 2.05) is 17.9 Å². The fourth-order valence-corrected chi connectivity index (χ4v) is 3.35. The number of aryl methyl sites for hydroxylation is 1. The van der Waals surface area contributed by atoms with Crippen LogP contribution < -0.4 is 0 Å². The second-order valence-corrected chi connectivity index (χ2v) is 6.45. The minimum Gasteiger partial charge on any atom is -0.298 e. The summed E-state index contributed by atoms with van der Waals surface area (Å²) in [6.45, 7) is 4.40. The number of piperidine rings is 1. The van der Waals surface area contributed by atoms with Gasteiger partial charge in [0.25, 0.3) is 0 Å². The number of hydrogen-bond donors (Lipinski definition) is 0. The van der Waals surface area contributed by atoms with E-state index >= 15 is 0 Å². The average molecular weight is 298 g/mol. The van der Waals surface area contributed by atoms with Crippen molar-refractivity contribution in [3.05, 3.63) is 53.9 Å². The van der Waals surface area contributed by atoms with Crippen LogP contribution >= 0.6 is 0 Å². The quantitative estimate of drug-likeness (QED) is 0.848. The van der Waals surface area contributed by atoms with Crippen molar-refractivity contribution in [2.45, 2.75) is 32.0 Å². The van der Waals surface area contributed by atoms with E-state index in [1.54, 1.807) is 0 Å². The molecule has 1 aromatic carbocycles. The molecule has 4 heteroatoms. The topological polar surface area (TPSA) is 24.3 Å². The third kappa shape index (κ3) is 3.96. The van der Waals surface area contributed by atoms with Crippen LogP contribution in [0.5, 0.6) is 0 Å². The zero-order valence-corrected chi connectivity index (χ0v) is 13.7. The van der Waals surface area contributed by atoms with Crippen LogP contribution in [-0.4, -0.2) is 45.8 Å². The standard InChI is InChI=1S/C18H26N4/c1-20(12-16-7-4-3-5-8-16)18-9-6-10-22(15-18)14-17-11-19-21(2)13-17/h3-5,7-8,11,13,18H,6,9-10,12,14-15H2,1-2H3. The van der Waals surface area contributed by atoms with Crippen LogP contribution in [0.15, 0.2) is 42.7 Å². The van der Waals surface area contributed by atoms with Gasteiger partial charge in [0.05, 0.1) is 6.20 Å². The highest BCUT2D eigenvalue weighted by Crippen LogP contribution is 2.18. The monoisotopic (exact) mass is 298 g/mol. The zero-order valence-electron chi connectivity index (χ0n) is 13.7. The highest BCUT2D eigenvalue weighted by molar-refractivity contribution is 5.14. The van der Waals surface area contributed by atoms with Gasteiger partial charge >= 0.3 is 0 Å². The molecule has 0 N–H and O–H groups in total. The summed E-state index contributed by atoms with van der Waals surface area (Å²) < 4.78 is 1.89. The van der Waals surface area contributed by atoms with Gasteiger partial charge in [0.1, 0.15) is 0 Å². The number of aromatic nitrogens is 2. The molecule has 1 aliphatic heterocycles. The molecule has 0 saturated carbocycles. The molecule has 1 saturated heterocycles. The van der Waals surface area contributed by atoms with E-state index in [1.165, 1.54) is 30.5 Å². The maximum Gasteiger partial charge on any atom is 0.0534 e. The van der Waals surface area contributed by atoms with Gasteiger partial charge in [-0.2, -0.15) is 5.10 Å². The SMILES string of the molecule is CN(Cc1ccccc1)C1CCCN(Cc2cnn(C)c2)C1. The molecule has 22 heavy (non-hydrogen) atoms. The normalized spacial score (nSPS) is 19.7. The molecule has 0 amide bonds. The van der Waals surface area contributed by atoms with E-state index < -0.39 is 0 Å². The molecule has 0 aliphatic carbocycles. The maximum atomic E-state index is 4.27. The first-order valence-corrected chi connectivity index (χ1v) is 8.15. The Bertz CT molecular complexity index is 578. The van der Waals surface area contributed by atoms with Crippen LogP contribution in [0.3, 0.4) is 0 Å². The summed E-state index contributed by atoms with van der Waals surface area (Å²) in [6, 6.07) is 11.4. The van der Waals surface area contributed by atoms with Gasteiger partial charge in [0, 0.05) is 44.5 Å². The predicted octanol–water partition coefficient (Wildman–Crippen LogP) is 2.52. The average Bonchev–Trinajstić information content (AvgIpc) is 2.93. The summed E-state index contributed by atoms with van der Waals surface area (Å²) in [5.74, 6) is 0. The van der Waals surface area contributed by atoms with Crippen molar-refractivity contribution >= 4 is 0 Å². The van der Waals surface area contributed by atoms with Crippen LogP contribution in [0.2, 0.25) is 0 Å². The first kappa shape index (κ1) is 15.3. The minimum atomic E-state index is 0.644. The number of rotatable bonds is 5. The fraction of sp³-hybridized carbons (Fsp3) is 0.500. The summed E-state index contributed by atoms with van der Waals surface area (Å²) >= 11 is 0. The largest absolute Gasteiger partial charge is 0.298 e. The molecule has 1 fully saturated rings. The van der Waals surface area contributed by atoms with Crippen molar-refractivity contribution < 1.29 is 0 Å². The smallest absolute Gasteiger partial charge is 0.0534 e. The van der Waals surface area contributed by atoms with Gasteiger partial charge in [-0.3, -0.25) is 14.5 Å². The van der Waals surface area contributed by atoms with Gasteiger partial charge in [-0.15, -0.1) is 0 Å². The minimum absolute atomic E-state index is 0.644. The number of likely N-dealkylation sites (N-methyl/N-ethyl adjacent to an activating group) is 1. The zero-order chi connectivity index (χ0) is 15.4. The maximum absolute atomic E-state index is 4.27. The summed E-state index contributed by atoms with van der Waals surface area (Å²) in [5.41, 5.74) is 2.71. The molecular formula is C18H26N4. The van der Waals surface area contributed by atoms with E-state index in [0.29, 0.717) is 6.04 Å². The first-order chi connectivity index (χ1) is 10.7. The number of likely N-dealkylation sites (tertiary alicyclic amines) is 1. The predicted molar refractivity (Wildman–Crippen MR) is 89.4 cm³/mol. The third-order valence-corrected chi connectivity index (χ3v) is 4.54. The summed E-state index contributed by atoms with van der Waals surface area (Å²) in [4.78, 5) is 5.07. The molecule has 1 unspecified atom stereocenters. The van der Waals surface area contributed by atoms with E-state index in [-0.39, 0.29) is 0 Å². The molecule has 0 spiro atoms. The molecule has 2 aromatic rings. The Morgan fingerprint density at radius 3 is 2.77 bits per heavy atom. The molecule has 1 aromatic heterocycles. The summed E-state index contributed by atoms with van der Waals surface area (Å²) in [5, 5.41) is 4.27. The van der Waals surface area contributed by atoms with E-state index in [4.69, 9.17) is 0 Å². The third-order valence-electron chi connectivity index (χ3n) is 4.54. The number of hydrogen-bond acceptors (Lipinski definition) is 3. The second kappa shape index (κ2) is 7.07. The Labute approximate surface area is 133 Å². The van der Waals surface area contributed by atoms with Crippen molar-refractivity contribution in [3.8, 4) is 0 Å². The Balaban J connectivity index is 1.55. The van der Waals surface area contributed by atoms with Gasteiger partial charge in [-0.05, 0) is 32.0 Å². The van der Waals surface area contributed by atoms with E-state index in [9.17, 15) is 0 Å². The lowest BCUT2D eigenvalue weighted by atomic mass is 10.0. The van der Waals surface area contributed by atoms with Gasteiger partial charge in [-0.25, -0.2) is 0 Å². The highest BCUT2D eigenvalue weighted by atomic mass is 15.3. The van der Waals surface area contributed by atoms with Crippen molar-refractivity contribution in [1.29, 1.82) is 0 Å². The molecule has 3 rings (SSSR count). The molecule has 4 nitrogen and oxygen atoms in total. The molecule has 1 aliphatic rings. The second-order valence-electron chi connectivity index (χ2n) is 6.45. The van der Waals surface area contributed by atoms with Crippen LogP contribution in [-0.2, 0) is 20.1 Å². The Hall–Kier alpha value is -1.65. The molecule has 1 atom stereocenters. The van der Waals surface area contributed by atoms with E-state index in [0.717, 1.165) is 19.6 Å². The van der Waals surface area contributed by atoms with Crippen LogP contribution in [0.4, 0.5) is 0 Å². The van der Waals surface area contributed by atoms with Crippen molar-refractivity contribution in [3.63, 3.8) is 0 Å². The van der Waals surface area contributed by atoms with Gasteiger partial charge in [0.2, 0.25) is 0 Å². The van der Waals surface area contributed by atoms with Crippen LogP contribution in [0.1, 0.15) is 24.0 Å². The van der Waals surface area contributed by atoms with Crippen molar-refractivity contribution in [2.24, 2.45) is 7.05 Å². The summed E-state index contributed by atoms with van der Waals surface area (Å²) in [7, 11) is 4.24. The lowest BCUT2D eigenvalue weighted by molar-refractivity contribution is 0.107. The van der Waals surface area contributed by atoms with E-state index in [2.05, 4.69) is 58.5 Å². The fourth-order valence-electron chi connectivity index (χ4n) is 3.35. The lowest BCUT2D eigenvalue weighted by Gasteiger charge is -2.37. The Kier molecular flexibility index (Phi) is 4.90. The van der Waals surface area contributed by atoms with Gasteiger partial charge in [-0.1, -0.05) is 30.3 Å². The van der Waals surface area contributed by atoms with Crippen molar-refractivity contribution in [1.82, 2.24) is 19.6 Å². The van der Waals surface area contributed by atoms with Gasteiger partial charge < -0.3 is 0 Å². The molecular weight excluding hydrogens is 272 g/mol. The summed E-state index contributed by atoms with van der Waals surface area (Å²) in [6.07, 6.45) is 6.69. The first-order valence-electron chi connectivity index (χ1n) is 8.15. The highest BCUT2D eigenvalue weighted by Gasteiger charge is 2.23. The molecule has 2 heterocycles. The van der Waals surface area contributed by atoms with Crippen LogP contribution in [0.25, 0.3) is 0 Å². The van der Waals surface area contributed by atoms with Gasteiger partial charge in [0.15, 0.2) is 0 Å². The lowest BCUT2D eigenvalue weighted by Crippen LogP contribution is -2.45. The number of nitrogens with zero attached hydrogens (tertiary/aromatic N) is 4. The molecule has 118 valence electrons. The number of benzene rings is 1. The Morgan fingerprint density at radius 2 is 2.05 bits per heavy atom.